The molecule has 62 heavy (non-hydrogen) atoms. The van der Waals surface area contributed by atoms with Crippen LogP contribution in [-0.4, -0.2) is 9.55 Å². The van der Waals surface area contributed by atoms with Gasteiger partial charge >= 0.3 is 0 Å². The average Bonchev–Trinajstić information content (AvgIpc) is 3.71. The first-order chi connectivity index (χ1) is 28.4. The zero-order valence-corrected chi connectivity index (χ0v) is 41.7. The zero-order valence-electron chi connectivity index (χ0n) is 39.4. The molecule has 0 N–H and O–H groups in total. The Morgan fingerprint density at radius 1 is 0.500 bits per heavy atom. The summed E-state index contributed by atoms with van der Waals surface area (Å²) in [6, 6.07) is 42.8. The third-order valence-electron chi connectivity index (χ3n) is 12.1. The molecule has 326 valence electrons. The molecule has 0 saturated heterocycles. The van der Waals surface area contributed by atoms with E-state index in [4.69, 9.17) is 9.72 Å². The van der Waals surface area contributed by atoms with E-state index in [9.17, 15) is 0 Å². The summed E-state index contributed by atoms with van der Waals surface area (Å²) in [4.78, 5) is 9.53. The summed E-state index contributed by atoms with van der Waals surface area (Å²) < 4.78 is 8.96. The average molecular weight is 1000 g/mol. The Morgan fingerprint density at radius 2 is 1.06 bits per heavy atom. The van der Waals surface area contributed by atoms with Crippen LogP contribution < -0.4 is 14.5 Å². The van der Waals surface area contributed by atoms with Gasteiger partial charge in [-0.3, -0.25) is 0 Å². The Balaban J connectivity index is 0.00000578. The predicted molar refractivity (Wildman–Crippen MR) is 258 cm³/mol. The second-order valence-electron chi connectivity index (χ2n) is 22.1. The number of benzene rings is 5. The van der Waals surface area contributed by atoms with Crippen LogP contribution in [0.15, 0.2) is 103 Å². The quantitative estimate of drug-likeness (QED) is 0.161. The van der Waals surface area contributed by atoms with Crippen LogP contribution in [0, 0.1) is 18.8 Å². The van der Waals surface area contributed by atoms with Crippen molar-refractivity contribution < 1.29 is 25.8 Å². The monoisotopic (exact) mass is 1000 g/mol. The van der Waals surface area contributed by atoms with Gasteiger partial charge in [0.2, 0.25) is 0 Å². The Morgan fingerprint density at radius 3 is 1.69 bits per heavy atom. The third-order valence-corrected chi connectivity index (χ3v) is 12.1. The van der Waals surface area contributed by atoms with Gasteiger partial charge in [-0.25, -0.2) is 4.98 Å². The van der Waals surface area contributed by atoms with Gasteiger partial charge in [-0.2, -0.15) is 12.1 Å². The molecule has 0 spiro atoms. The van der Waals surface area contributed by atoms with Crippen LogP contribution in [0.25, 0.3) is 27.6 Å². The number of hydrogen-bond acceptors (Lipinski definition) is 4. The van der Waals surface area contributed by atoms with Crippen molar-refractivity contribution in [3.8, 4) is 17.3 Å². The van der Waals surface area contributed by atoms with Gasteiger partial charge < -0.3 is 19.1 Å². The van der Waals surface area contributed by atoms with Crippen LogP contribution >= 0.6 is 0 Å². The van der Waals surface area contributed by atoms with E-state index in [-0.39, 0.29) is 48.1 Å². The molecule has 6 heteroatoms. The van der Waals surface area contributed by atoms with Gasteiger partial charge in [0, 0.05) is 61.3 Å². The second kappa shape index (κ2) is 15.7. The van der Waals surface area contributed by atoms with E-state index in [0.717, 1.165) is 50.4 Å². The number of hydrogen-bond donors (Lipinski definition) is 0. The molecule has 0 amide bonds. The van der Waals surface area contributed by atoms with Gasteiger partial charge in [0.25, 0.3) is 0 Å². The smallest absolute Gasteiger partial charge is 0.135 e. The fraction of sp³-hybridized carbons (Fsp3) is 0.357. The maximum absolute atomic E-state index is 6.71. The summed E-state index contributed by atoms with van der Waals surface area (Å²) >= 11 is 0. The summed E-state index contributed by atoms with van der Waals surface area (Å²) in [6.07, 6.45) is 1.92. The van der Waals surface area contributed by atoms with Crippen molar-refractivity contribution in [2.45, 2.75) is 131 Å². The number of aromatic nitrogens is 2. The number of fused-ring (bicyclic) bond motifs is 4. The largest absolute Gasteiger partial charge is 0.509 e. The molecule has 5 aromatic carbocycles. The van der Waals surface area contributed by atoms with Crippen LogP contribution in [0.3, 0.4) is 0 Å². The molecule has 0 saturated carbocycles. The van der Waals surface area contributed by atoms with Crippen LogP contribution in [0.4, 0.5) is 22.7 Å². The van der Waals surface area contributed by atoms with Crippen molar-refractivity contribution in [3.05, 3.63) is 150 Å². The fourth-order valence-electron chi connectivity index (χ4n) is 8.09. The van der Waals surface area contributed by atoms with Crippen LogP contribution in [0.1, 0.15) is 132 Å². The molecule has 0 aliphatic carbocycles. The van der Waals surface area contributed by atoms with Gasteiger partial charge in [-0.15, -0.1) is 48.1 Å². The van der Waals surface area contributed by atoms with Gasteiger partial charge in [0.15, 0.2) is 0 Å². The molecule has 0 radical (unpaired) electrons. The minimum atomic E-state index is -0.0314. The Kier molecular flexibility index (Phi) is 11.5. The van der Waals surface area contributed by atoms with E-state index in [1.165, 1.54) is 27.8 Å². The summed E-state index contributed by atoms with van der Waals surface area (Å²) in [6.45, 7) is 36.3. The molecule has 3 heterocycles. The molecular weight excluding hydrogens is 940 g/mol. The molecule has 0 atom stereocenters. The minimum Gasteiger partial charge on any atom is -0.509 e. The Bertz CT molecular complexity index is 2760. The zero-order chi connectivity index (χ0) is 44.0. The SMILES string of the molecule is CC(C)(C)c1cc(N2[CH-]N(c3[c-]c(Oc4[c-]c5c(cc4)c4ccc(C(C)(C)C)cc4n5-c4cc(C(C)(C)C)ccn4)ccc3)c3cc(C(C)(C)C)ccc32)cc(C(C)(C)C)c1.[Pt]. The van der Waals surface area contributed by atoms with E-state index in [0.29, 0.717) is 11.5 Å². The Labute approximate surface area is 385 Å². The maximum Gasteiger partial charge on any atom is 0.135 e. The summed E-state index contributed by atoms with van der Waals surface area (Å²) in [5.74, 6) is 2.10. The van der Waals surface area contributed by atoms with Crippen molar-refractivity contribution in [1.29, 1.82) is 0 Å². The molecule has 7 aromatic rings. The van der Waals surface area contributed by atoms with Crippen LogP contribution in [-0.2, 0) is 48.1 Å². The first kappa shape index (κ1) is 45.2. The van der Waals surface area contributed by atoms with Gasteiger partial charge in [-0.05, 0) is 103 Å². The molecule has 1 aliphatic heterocycles. The van der Waals surface area contributed by atoms with Crippen molar-refractivity contribution in [2.24, 2.45) is 0 Å². The third kappa shape index (κ3) is 8.72. The molecule has 8 rings (SSSR count). The normalized spacial score (nSPS) is 13.8. The molecular formula is C56H63N4OPt-3. The molecule has 2 aromatic heterocycles. The molecule has 1 aliphatic rings. The summed E-state index contributed by atoms with van der Waals surface area (Å²) in [5, 5.41) is 2.26. The fourth-order valence-corrected chi connectivity index (χ4v) is 8.09. The number of anilines is 4. The summed E-state index contributed by atoms with van der Waals surface area (Å²) in [5.41, 5.74) is 12.6. The second-order valence-corrected chi connectivity index (χ2v) is 22.1. The van der Waals surface area contributed by atoms with Crippen molar-refractivity contribution >= 4 is 44.6 Å². The first-order valence-electron chi connectivity index (χ1n) is 21.8. The number of nitrogens with zero attached hydrogens (tertiary/aromatic N) is 4. The van der Waals surface area contributed by atoms with Crippen molar-refractivity contribution in [3.63, 3.8) is 0 Å². The summed E-state index contributed by atoms with van der Waals surface area (Å²) in [7, 11) is 0. The van der Waals surface area contributed by atoms with Crippen LogP contribution in [0.2, 0.25) is 0 Å². The predicted octanol–water partition coefficient (Wildman–Crippen LogP) is 15.5. The topological polar surface area (TPSA) is 33.5 Å². The van der Waals surface area contributed by atoms with E-state index in [1.54, 1.807) is 0 Å². The van der Waals surface area contributed by atoms with Crippen LogP contribution in [0.5, 0.6) is 11.5 Å². The van der Waals surface area contributed by atoms with E-state index in [2.05, 4.69) is 216 Å². The number of rotatable bonds is 5. The Hall–Kier alpha value is -4.86. The van der Waals surface area contributed by atoms with Crippen molar-refractivity contribution in [1.82, 2.24) is 9.55 Å². The number of ether oxygens (including phenoxy) is 1. The van der Waals surface area contributed by atoms with Gasteiger partial charge in [-0.1, -0.05) is 134 Å². The van der Waals surface area contributed by atoms with E-state index >= 15 is 0 Å². The first-order valence-corrected chi connectivity index (χ1v) is 21.8. The standard InChI is InChI=1S/C56H63N4O.Pt/c1-52(2,3)36-19-22-45-46-23-21-44(34-49(46)60(48(45)30-36)51-32-38(25-26-57-51)54(7,8)9)61-43-18-16-17-41(33-43)58-35-59(47-24-20-37(31-50(47)58)53(4,5)6)42-28-39(55(10,11)12)27-40(29-42)56(13,14)15;/h16-32,35H,1-15H3;/q-3;. The molecule has 0 fully saturated rings. The van der Waals surface area contributed by atoms with Crippen molar-refractivity contribution in [2.75, 3.05) is 9.80 Å². The molecule has 0 bridgehead atoms. The van der Waals surface area contributed by atoms with E-state index < -0.39 is 0 Å². The maximum atomic E-state index is 6.71. The van der Waals surface area contributed by atoms with Gasteiger partial charge in [0.05, 0.1) is 0 Å². The molecule has 5 nitrogen and oxygen atoms in total. The van der Waals surface area contributed by atoms with Gasteiger partial charge in [0.1, 0.15) is 5.82 Å². The molecule has 0 unspecified atom stereocenters. The van der Waals surface area contributed by atoms with E-state index in [1.807, 2.05) is 24.4 Å². The number of pyridine rings is 1. The minimum absolute atomic E-state index is 0.